The van der Waals surface area contributed by atoms with Gasteiger partial charge in [0.2, 0.25) is 0 Å². The van der Waals surface area contributed by atoms with Gasteiger partial charge in [0.1, 0.15) is 5.75 Å². The topological polar surface area (TPSA) is 50.1 Å². The molecule has 0 amide bonds. The lowest BCUT2D eigenvalue weighted by atomic mass is 10.1. The maximum Gasteiger partial charge on any atom is 0.573 e. The minimum Gasteiger partial charge on any atom is -0.406 e. The van der Waals surface area contributed by atoms with Gasteiger partial charge in [-0.25, -0.2) is 0 Å². The molecule has 0 unspecified atom stereocenters. The summed E-state index contributed by atoms with van der Waals surface area (Å²) in [6.07, 6.45) is -4.86. The Labute approximate surface area is 93.0 Å². The van der Waals surface area contributed by atoms with Gasteiger partial charge in [-0.05, 0) is 29.8 Å². The lowest BCUT2D eigenvalue weighted by Gasteiger charge is -2.09. The van der Waals surface area contributed by atoms with Gasteiger partial charge in [0.15, 0.2) is 0 Å². The van der Waals surface area contributed by atoms with Crippen molar-refractivity contribution in [2.45, 2.75) is 6.36 Å². The fraction of sp³-hybridized carbons (Fsp3) is 0.111. The van der Waals surface area contributed by atoms with E-state index in [9.17, 15) is 18.0 Å². The van der Waals surface area contributed by atoms with E-state index in [1.807, 2.05) is 0 Å². The molecule has 0 saturated carbocycles. The van der Waals surface area contributed by atoms with Crippen molar-refractivity contribution < 1.29 is 22.7 Å². The molecular weight excluding hydrogens is 247 g/mol. The zero-order valence-electron chi connectivity index (χ0n) is 7.51. The average Bonchev–Trinajstić information content (AvgIpc) is 2.15. The third kappa shape index (κ3) is 3.14. The minimum absolute atomic E-state index is 0.116. The van der Waals surface area contributed by atoms with Crippen molar-refractivity contribution in [3.05, 3.63) is 29.3 Å². The highest BCUT2D eigenvalue weighted by Gasteiger charge is 2.31. The van der Waals surface area contributed by atoms with Crippen LogP contribution in [0.25, 0.3) is 0 Å². The molecule has 0 fully saturated rings. The number of hydrogen-bond acceptors (Lipinski definition) is 3. The molecule has 0 atom stereocenters. The molecule has 1 aromatic carbocycles. The Bertz CT molecular complexity index is 465. The predicted octanol–water partition coefficient (Wildman–Crippen LogP) is 2.84. The van der Waals surface area contributed by atoms with Crippen LogP contribution < -0.4 is 4.74 Å². The maximum absolute atomic E-state index is 11.9. The van der Waals surface area contributed by atoms with Crippen LogP contribution in [0.4, 0.5) is 13.2 Å². The van der Waals surface area contributed by atoms with Gasteiger partial charge in [-0.15, -0.1) is 13.2 Å². The van der Waals surface area contributed by atoms with Gasteiger partial charge in [-0.2, -0.15) is 5.26 Å². The molecule has 3 nitrogen and oxygen atoms in total. The summed E-state index contributed by atoms with van der Waals surface area (Å²) in [6.45, 7) is 0. The molecule has 1 rings (SSSR count). The number of nitrogens with zero attached hydrogens (tertiary/aromatic N) is 1. The Morgan fingerprint density at radius 2 is 2.06 bits per heavy atom. The summed E-state index contributed by atoms with van der Waals surface area (Å²) < 4.78 is 39.1. The second-order valence-electron chi connectivity index (χ2n) is 2.64. The first-order valence-electron chi connectivity index (χ1n) is 3.83. The lowest BCUT2D eigenvalue weighted by molar-refractivity contribution is -0.274. The Hall–Kier alpha value is -1.74. The monoisotopic (exact) mass is 249 g/mol. The van der Waals surface area contributed by atoms with Crippen molar-refractivity contribution in [3.8, 4) is 11.8 Å². The van der Waals surface area contributed by atoms with E-state index in [0.29, 0.717) is 0 Å². The number of hydrogen-bond donors (Lipinski definition) is 0. The van der Waals surface area contributed by atoms with E-state index in [4.69, 9.17) is 16.9 Å². The Kier molecular flexibility index (Phi) is 3.40. The fourth-order valence-corrected chi connectivity index (χ4v) is 1.14. The highest BCUT2D eigenvalue weighted by Crippen LogP contribution is 2.25. The van der Waals surface area contributed by atoms with Gasteiger partial charge >= 0.3 is 6.36 Å². The van der Waals surface area contributed by atoms with Gasteiger partial charge < -0.3 is 4.74 Å². The van der Waals surface area contributed by atoms with Crippen molar-refractivity contribution in [2.75, 3.05) is 0 Å². The zero-order valence-corrected chi connectivity index (χ0v) is 8.26. The molecule has 16 heavy (non-hydrogen) atoms. The first kappa shape index (κ1) is 12.3. The normalized spacial score (nSPS) is 10.7. The molecule has 0 aliphatic carbocycles. The number of carbonyl (C=O) groups excluding carboxylic acids is 1. The largest absolute Gasteiger partial charge is 0.573 e. The summed E-state index contributed by atoms with van der Waals surface area (Å²) in [5.41, 5.74) is -0.444. The summed E-state index contributed by atoms with van der Waals surface area (Å²) in [5.74, 6) is -0.601. The van der Waals surface area contributed by atoms with Crippen molar-refractivity contribution in [1.29, 1.82) is 5.26 Å². The van der Waals surface area contributed by atoms with E-state index < -0.39 is 17.4 Å². The van der Waals surface area contributed by atoms with Crippen LogP contribution in [0, 0.1) is 11.3 Å². The lowest BCUT2D eigenvalue weighted by Crippen LogP contribution is -2.17. The van der Waals surface area contributed by atoms with Gasteiger partial charge in [-0.1, -0.05) is 0 Å². The highest BCUT2D eigenvalue weighted by atomic mass is 35.5. The van der Waals surface area contributed by atoms with Crippen molar-refractivity contribution in [2.24, 2.45) is 0 Å². The molecule has 0 bridgehead atoms. The third-order valence-electron chi connectivity index (χ3n) is 1.56. The molecule has 0 spiro atoms. The molecule has 0 heterocycles. The standard InChI is InChI=1S/C9H3ClF3NO2/c10-8(15)7-3-6(16-9(11,12)13)2-1-5(7)4-14/h1-3H. The van der Waals surface area contributed by atoms with Crippen LogP contribution in [0.15, 0.2) is 18.2 Å². The van der Waals surface area contributed by atoms with Crippen LogP contribution in [-0.2, 0) is 0 Å². The molecular formula is C9H3ClF3NO2. The predicted molar refractivity (Wildman–Crippen MR) is 48.0 cm³/mol. The van der Waals surface area contributed by atoms with E-state index in [1.54, 1.807) is 6.07 Å². The Morgan fingerprint density at radius 3 is 2.50 bits per heavy atom. The molecule has 0 aliphatic rings. The highest BCUT2D eigenvalue weighted by molar-refractivity contribution is 6.68. The number of halogens is 4. The molecule has 84 valence electrons. The number of nitriles is 1. The van der Waals surface area contributed by atoms with Gasteiger partial charge in [0, 0.05) is 0 Å². The summed E-state index contributed by atoms with van der Waals surface area (Å²) >= 11 is 5.10. The summed E-state index contributed by atoms with van der Waals surface area (Å²) in [7, 11) is 0. The number of benzene rings is 1. The maximum atomic E-state index is 11.9. The van der Waals surface area contributed by atoms with Crippen LogP contribution in [-0.4, -0.2) is 11.6 Å². The molecule has 0 N–H and O–H groups in total. The van der Waals surface area contributed by atoms with Gasteiger partial charge in [0.25, 0.3) is 5.24 Å². The van der Waals surface area contributed by atoms with E-state index in [0.717, 1.165) is 18.2 Å². The first-order chi connectivity index (χ1) is 7.33. The number of ether oxygens (including phenoxy) is 1. The molecule has 0 aromatic heterocycles. The van der Waals surface area contributed by atoms with Crippen LogP contribution in [0.2, 0.25) is 0 Å². The van der Waals surface area contributed by atoms with Crippen molar-refractivity contribution in [3.63, 3.8) is 0 Å². The van der Waals surface area contributed by atoms with Crippen molar-refractivity contribution >= 4 is 16.8 Å². The second kappa shape index (κ2) is 4.41. The molecule has 1 aromatic rings. The third-order valence-corrected chi connectivity index (χ3v) is 1.76. The molecule has 7 heteroatoms. The SMILES string of the molecule is N#Cc1ccc(OC(F)(F)F)cc1C(=O)Cl. The molecule has 0 saturated heterocycles. The minimum atomic E-state index is -4.86. The Balaban J connectivity index is 3.14. The summed E-state index contributed by atoms with van der Waals surface area (Å²) in [5, 5.41) is 7.54. The second-order valence-corrected chi connectivity index (χ2v) is 2.98. The number of carbonyl (C=O) groups is 1. The molecule has 0 radical (unpaired) electrons. The van der Waals surface area contributed by atoms with Crippen LogP contribution in [0.3, 0.4) is 0 Å². The van der Waals surface area contributed by atoms with Crippen LogP contribution in [0.1, 0.15) is 15.9 Å². The van der Waals surface area contributed by atoms with E-state index in [2.05, 4.69) is 4.74 Å². The van der Waals surface area contributed by atoms with E-state index in [-0.39, 0.29) is 11.1 Å². The Morgan fingerprint density at radius 1 is 1.44 bits per heavy atom. The smallest absolute Gasteiger partial charge is 0.406 e. The first-order valence-corrected chi connectivity index (χ1v) is 4.21. The van der Waals surface area contributed by atoms with Gasteiger partial charge in [0.05, 0.1) is 17.2 Å². The molecule has 0 aliphatic heterocycles. The van der Waals surface area contributed by atoms with Crippen LogP contribution >= 0.6 is 11.6 Å². The van der Waals surface area contributed by atoms with Crippen molar-refractivity contribution in [1.82, 2.24) is 0 Å². The van der Waals surface area contributed by atoms with Gasteiger partial charge in [-0.3, -0.25) is 4.79 Å². The van der Waals surface area contributed by atoms with Crippen LogP contribution in [0.5, 0.6) is 5.75 Å². The quantitative estimate of drug-likeness (QED) is 0.757. The van der Waals surface area contributed by atoms with E-state index in [1.165, 1.54) is 0 Å². The average molecular weight is 250 g/mol. The number of rotatable bonds is 2. The zero-order chi connectivity index (χ0) is 12.3. The van der Waals surface area contributed by atoms with E-state index >= 15 is 0 Å². The summed E-state index contributed by atoms with van der Waals surface area (Å²) in [6, 6.07) is 4.34. The fourth-order valence-electron chi connectivity index (χ4n) is 0.981. The summed E-state index contributed by atoms with van der Waals surface area (Å²) in [4.78, 5) is 10.8. The number of alkyl halides is 3.